The summed E-state index contributed by atoms with van der Waals surface area (Å²) in [4.78, 5) is 14.2. The van der Waals surface area contributed by atoms with Crippen molar-refractivity contribution >= 4 is 11.6 Å². The minimum absolute atomic E-state index is 0.00794. The topological polar surface area (TPSA) is 67.6 Å². The number of carbonyl (C=O) groups is 1. The molecule has 1 heterocycles. The molecule has 116 valence electrons. The van der Waals surface area contributed by atoms with Crippen LogP contribution in [0.5, 0.6) is 0 Å². The Labute approximate surface area is 126 Å². The maximum absolute atomic E-state index is 12.1. The molecule has 1 amide bonds. The molecule has 1 aromatic rings. The number of ether oxygens (including phenoxy) is 1. The maximum Gasteiger partial charge on any atom is 0.238 e. The summed E-state index contributed by atoms with van der Waals surface area (Å²) < 4.78 is 5.50. The highest BCUT2D eigenvalue weighted by Gasteiger charge is 2.21. The predicted molar refractivity (Wildman–Crippen MR) is 84.4 cm³/mol. The van der Waals surface area contributed by atoms with E-state index in [4.69, 9.17) is 10.5 Å². The van der Waals surface area contributed by atoms with Crippen LogP contribution in [-0.2, 0) is 9.53 Å². The first-order valence-corrected chi connectivity index (χ1v) is 7.52. The summed E-state index contributed by atoms with van der Waals surface area (Å²) in [5.41, 5.74) is 7.69. The minimum Gasteiger partial charge on any atom is -0.374 e. The number of amides is 1. The summed E-state index contributed by atoms with van der Waals surface area (Å²) >= 11 is 0. The zero-order chi connectivity index (χ0) is 15.2. The largest absolute Gasteiger partial charge is 0.374 e. The van der Waals surface area contributed by atoms with Gasteiger partial charge in [0.25, 0.3) is 0 Å². The van der Waals surface area contributed by atoms with Gasteiger partial charge in [0.1, 0.15) is 0 Å². The fraction of sp³-hybridized carbons (Fsp3) is 0.562. The fourth-order valence-electron chi connectivity index (χ4n) is 2.45. The van der Waals surface area contributed by atoms with Crippen molar-refractivity contribution in [2.75, 3.05) is 38.1 Å². The van der Waals surface area contributed by atoms with Crippen LogP contribution in [0.15, 0.2) is 24.3 Å². The van der Waals surface area contributed by atoms with Crippen LogP contribution in [0.4, 0.5) is 5.69 Å². The van der Waals surface area contributed by atoms with Crippen LogP contribution < -0.4 is 11.1 Å². The van der Waals surface area contributed by atoms with Crippen molar-refractivity contribution in [2.24, 2.45) is 5.73 Å². The molecule has 5 heteroatoms. The maximum atomic E-state index is 12.1. The highest BCUT2D eigenvalue weighted by atomic mass is 16.5. The second-order valence-corrected chi connectivity index (χ2v) is 5.79. The number of morpholine rings is 1. The van der Waals surface area contributed by atoms with E-state index in [-0.39, 0.29) is 12.0 Å². The first-order chi connectivity index (χ1) is 10.1. The van der Waals surface area contributed by atoms with Crippen LogP contribution in [0.2, 0.25) is 0 Å². The Morgan fingerprint density at radius 3 is 3.05 bits per heavy atom. The zero-order valence-electron chi connectivity index (χ0n) is 12.8. The lowest BCUT2D eigenvalue weighted by Gasteiger charge is -2.31. The Morgan fingerprint density at radius 2 is 2.33 bits per heavy atom. The van der Waals surface area contributed by atoms with Gasteiger partial charge in [-0.15, -0.1) is 0 Å². The van der Waals surface area contributed by atoms with Gasteiger partial charge >= 0.3 is 0 Å². The number of nitrogens with two attached hydrogens (primary N) is 1. The van der Waals surface area contributed by atoms with E-state index in [0.29, 0.717) is 25.6 Å². The molecule has 1 aliphatic rings. The van der Waals surface area contributed by atoms with Crippen LogP contribution in [0, 0.1) is 0 Å². The third-order valence-electron chi connectivity index (χ3n) is 3.69. The van der Waals surface area contributed by atoms with Crippen LogP contribution in [0.3, 0.4) is 0 Å². The SMILES string of the molecule is CC(C)c1cccc(NC(=O)CN2CCOC(CN)C2)c1. The van der Waals surface area contributed by atoms with Gasteiger partial charge in [-0.05, 0) is 23.6 Å². The lowest BCUT2D eigenvalue weighted by atomic mass is 10.0. The zero-order valence-corrected chi connectivity index (χ0v) is 12.8. The number of anilines is 1. The third-order valence-corrected chi connectivity index (χ3v) is 3.69. The number of hydrogen-bond acceptors (Lipinski definition) is 4. The van der Waals surface area contributed by atoms with Gasteiger partial charge < -0.3 is 15.8 Å². The smallest absolute Gasteiger partial charge is 0.238 e. The van der Waals surface area contributed by atoms with Crippen molar-refractivity contribution in [3.8, 4) is 0 Å². The van der Waals surface area contributed by atoms with Crippen molar-refractivity contribution in [2.45, 2.75) is 25.9 Å². The highest BCUT2D eigenvalue weighted by Crippen LogP contribution is 2.18. The molecule has 5 nitrogen and oxygen atoms in total. The standard InChI is InChI=1S/C16H25N3O2/c1-12(2)13-4-3-5-14(8-13)18-16(20)11-19-6-7-21-15(9-17)10-19/h3-5,8,12,15H,6-7,9-11,17H2,1-2H3,(H,18,20). The molecule has 0 aliphatic carbocycles. The molecule has 0 saturated carbocycles. The van der Waals surface area contributed by atoms with Crippen molar-refractivity contribution in [1.29, 1.82) is 0 Å². The molecule has 1 unspecified atom stereocenters. The predicted octanol–water partition coefficient (Wildman–Crippen LogP) is 1.41. The lowest BCUT2D eigenvalue weighted by molar-refractivity contribution is -0.119. The van der Waals surface area contributed by atoms with E-state index < -0.39 is 0 Å². The van der Waals surface area contributed by atoms with Crippen molar-refractivity contribution in [3.63, 3.8) is 0 Å². The summed E-state index contributed by atoms with van der Waals surface area (Å²) in [5.74, 6) is 0.458. The fourth-order valence-corrected chi connectivity index (χ4v) is 2.45. The Bertz CT molecular complexity index is 476. The second kappa shape index (κ2) is 7.54. The first kappa shape index (κ1) is 15.9. The van der Waals surface area contributed by atoms with Crippen LogP contribution in [0.1, 0.15) is 25.3 Å². The lowest BCUT2D eigenvalue weighted by Crippen LogP contribution is -2.48. The minimum atomic E-state index is 0.00794. The monoisotopic (exact) mass is 291 g/mol. The molecule has 1 fully saturated rings. The molecule has 1 atom stereocenters. The van der Waals surface area contributed by atoms with E-state index in [1.54, 1.807) is 0 Å². The van der Waals surface area contributed by atoms with Crippen molar-refractivity contribution < 1.29 is 9.53 Å². The molecule has 1 aliphatic heterocycles. The molecule has 1 aromatic carbocycles. The summed E-state index contributed by atoms with van der Waals surface area (Å²) in [6.07, 6.45) is 0.0378. The molecule has 3 N–H and O–H groups in total. The van der Waals surface area contributed by atoms with Crippen molar-refractivity contribution in [1.82, 2.24) is 4.90 Å². The number of rotatable bonds is 5. The van der Waals surface area contributed by atoms with Gasteiger partial charge in [0.15, 0.2) is 0 Å². The van der Waals surface area contributed by atoms with Gasteiger partial charge in [0, 0.05) is 25.3 Å². The summed E-state index contributed by atoms with van der Waals surface area (Å²) in [5, 5.41) is 2.96. The van der Waals surface area contributed by atoms with E-state index in [0.717, 1.165) is 18.8 Å². The van der Waals surface area contributed by atoms with E-state index in [2.05, 4.69) is 30.1 Å². The summed E-state index contributed by atoms with van der Waals surface area (Å²) in [6.45, 7) is 7.29. The normalized spacial score (nSPS) is 19.7. The number of benzene rings is 1. The Balaban J connectivity index is 1.88. The first-order valence-electron chi connectivity index (χ1n) is 7.52. The average Bonchev–Trinajstić information content (AvgIpc) is 2.47. The van der Waals surface area contributed by atoms with Crippen LogP contribution in [-0.4, -0.2) is 49.7 Å². The molecular weight excluding hydrogens is 266 g/mol. The summed E-state index contributed by atoms with van der Waals surface area (Å²) in [7, 11) is 0. The van der Waals surface area contributed by atoms with Gasteiger partial charge in [0.05, 0.1) is 19.3 Å². The number of nitrogens with zero attached hydrogens (tertiary/aromatic N) is 1. The molecule has 0 aromatic heterocycles. The average molecular weight is 291 g/mol. The third kappa shape index (κ3) is 4.81. The van der Waals surface area contributed by atoms with Crippen molar-refractivity contribution in [3.05, 3.63) is 29.8 Å². The number of carbonyl (C=O) groups excluding carboxylic acids is 1. The molecule has 0 radical (unpaired) electrons. The van der Waals surface area contributed by atoms with Gasteiger partial charge in [0.2, 0.25) is 5.91 Å². The molecule has 2 rings (SSSR count). The Kier molecular flexibility index (Phi) is 5.73. The molecule has 0 spiro atoms. The Morgan fingerprint density at radius 1 is 1.52 bits per heavy atom. The Hall–Kier alpha value is -1.43. The van der Waals surface area contributed by atoms with Crippen LogP contribution in [0.25, 0.3) is 0 Å². The van der Waals surface area contributed by atoms with Gasteiger partial charge in [-0.1, -0.05) is 26.0 Å². The summed E-state index contributed by atoms with van der Waals surface area (Å²) in [6, 6.07) is 8.01. The van der Waals surface area contributed by atoms with E-state index >= 15 is 0 Å². The van der Waals surface area contributed by atoms with Crippen LogP contribution >= 0.6 is 0 Å². The van der Waals surface area contributed by atoms with E-state index in [1.807, 2.05) is 18.2 Å². The quantitative estimate of drug-likeness (QED) is 0.860. The molecule has 21 heavy (non-hydrogen) atoms. The molecular formula is C16H25N3O2. The number of nitrogens with one attached hydrogen (secondary N) is 1. The molecule has 1 saturated heterocycles. The van der Waals surface area contributed by atoms with Gasteiger partial charge in [-0.3, -0.25) is 9.69 Å². The molecule has 0 bridgehead atoms. The van der Waals surface area contributed by atoms with E-state index in [1.165, 1.54) is 5.56 Å². The van der Waals surface area contributed by atoms with Gasteiger partial charge in [-0.25, -0.2) is 0 Å². The number of hydrogen-bond donors (Lipinski definition) is 2. The van der Waals surface area contributed by atoms with E-state index in [9.17, 15) is 4.79 Å². The second-order valence-electron chi connectivity index (χ2n) is 5.79. The van der Waals surface area contributed by atoms with Gasteiger partial charge in [-0.2, -0.15) is 0 Å². The highest BCUT2D eigenvalue weighted by molar-refractivity contribution is 5.92.